The van der Waals surface area contributed by atoms with Crippen molar-refractivity contribution in [1.29, 1.82) is 0 Å². The third-order valence-corrected chi connectivity index (χ3v) is 6.41. The van der Waals surface area contributed by atoms with E-state index in [0.29, 0.717) is 49.8 Å². The van der Waals surface area contributed by atoms with Crippen LogP contribution in [0.15, 0.2) is 28.2 Å². The van der Waals surface area contributed by atoms with E-state index in [9.17, 15) is 9.18 Å². The number of anilines is 1. The Morgan fingerprint density at radius 2 is 1.88 bits per heavy atom. The molecule has 2 aliphatic heterocycles. The fourth-order valence-electron chi connectivity index (χ4n) is 4.52. The van der Waals surface area contributed by atoms with Gasteiger partial charge in [0.05, 0.1) is 7.11 Å². The largest absolute Gasteiger partial charge is 0.494 e. The van der Waals surface area contributed by atoms with Gasteiger partial charge in [0.2, 0.25) is 17.8 Å². The first-order chi connectivity index (χ1) is 16.0. The van der Waals surface area contributed by atoms with Crippen molar-refractivity contribution in [3.05, 3.63) is 24.0 Å². The average Bonchev–Trinajstić information content (AvgIpc) is 3.08. The van der Waals surface area contributed by atoms with Crippen molar-refractivity contribution in [1.82, 2.24) is 20.4 Å². The maximum Gasteiger partial charge on any atom is 0.229 e. The summed E-state index contributed by atoms with van der Waals surface area (Å²) in [5.41, 5.74) is 0.548. The van der Waals surface area contributed by atoms with Gasteiger partial charge in [-0.1, -0.05) is 25.7 Å². The van der Waals surface area contributed by atoms with Gasteiger partial charge < -0.3 is 25.2 Å². The van der Waals surface area contributed by atoms with E-state index in [-0.39, 0.29) is 17.9 Å². The second-order valence-corrected chi connectivity index (χ2v) is 8.76. The Bertz CT molecular complexity index is 891. The number of carbonyl (C=O) groups excluding carboxylic acids is 1. The molecule has 1 aliphatic carbocycles. The fourth-order valence-corrected chi connectivity index (χ4v) is 4.52. The maximum atomic E-state index is 14.2. The molecular formula is C23H34FN7O2. The van der Waals surface area contributed by atoms with E-state index in [1.54, 1.807) is 19.1 Å². The highest BCUT2D eigenvalue weighted by molar-refractivity contribution is 6.03. The van der Waals surface area contributed by atoms with Crippen LogP contribution in [0, 0.1) is 5.82 Å². The van der Waals surface area contributed by atoms with Crippen molar-refractivity contribution in [2.45, 2.75) is 57.8 Å². The summed E-state index contributed by atoms with van der Waals surface area (Å²) >= 11 is 0. The summed E-state index contributed by atoms with van der Waals surface area (Å²) in [6, 6.07) is 5.08. The highest BCUT2D eigenvalue weighted by atomic mass is 19.1. The highest BCUT2D eigenvalue weighted by Gasteiger charge is 2.27. The first kappa shape index (κ1) is 23.3. The van der Waals surface area contributed by atoms with Gasteiger partial charge in [0, 0.05) is 50.9 Å². The number of hydrogen-bond acceptors (Lipinski definition) is 8. The van der Waals surface area contributed by atoms with E-state index in [1.165, 1.54) is 38.9 Å². The summed E-state index contributed by atoms with van der Waals surface area (Å²) in [5, 5.41) is 10.2. The summed E-state index contributed by atoms with van der Waals surface area (Å²) in [5.74, 6) is 0.943. The van der Waals surface area contributed by atoms with Crippen molar-refractivity contribution in [3.8, 4) is 5.75 Å². The maximum absolute atomic E-state index is 14.2. The molecule has 3 N–H and O–H groups in total. The third kappa shape index (κ3) is 6.13. The summed E-state index contributed by atoms with van der Waals surface area (Å²) in [7, 11) is 1.44. The lowest BCUT2D eigenvalue weighted by molar-refractivity contribution is -0.130. The van der Waals surface area contributed by atoms with E-state index >= 15 is 0 Å². The molecule has 180 valence electrons. The Morgan fingerprint density at radius 3 is 2.52 bits per heavy atom. The number of methoxy groups -OCH3 is 1. The molecule has 0 bridgehead atoms. The van der Waals surface area contributed by atoms with Gasteiger partial charge in [-0.2, -0.15) is 4.99 Å². The minimum Gasteiger partial charge on any atom is -0.494 e. The first-order valence-electron chi connectivity index (χ1n) is 11.8. The van der Waals surface area contributed by atoms with E-state index < -0.39 is 5.82 Å². The van der Waals surface area contributed by atoms with Crippen LogP contribution in [-0.4, -0.2) is 73.2 Å². The van der Waals surface area contributed by atoms with E-state index in [2.05, 4.69) is 25.8 Å². The normalized spacial score (nSPS) is 22.1. The Hall–Kier alpha value is -2.88. The number of carbonyl (C=O) groups is 1. The lowest BCUT2D eigenvalue weighted by Crippen LogP contribution is -2.59. The van der Waals surface area contributed by atoms with Gasteiger partial charge in [-0.15, -0.1) is 0 Å². The number of aliphatic imine (C=N–C) groups is 2. The molecule has 4 rings (SSSR count). The zero-order valence-corrected chi connectivity index (χ0v) is 19.4. The van der Waals surface area contributed by atoms with Crippen LogP contribution in [0.25, 0.3) is 0 Å². The van der Waals surface area contributed by atoms with Crippen molar-refractivity contribution in [2.24, 2.45) is 9.98 Å². The van der Waals surface area contributed by atoms with Crippen LogP contribution in [0.1, 0.15) is 45.4 Å². The molecule has 33 heavy (non-hydrogen) atoms. The average molecular weight is 460 g/mol. The van der Waals surface area contributed by atoms with Crippen LogP contribution in [0.3, 0.4) is 0 Å². The van der Waals surface area contributed by atoms with Gasteiger partial charge in [0.25, 0.3) is 0 Å². The SMILES string of the molecule is COc1ccc(NC2=NC(NC3CCCCCC3)NC(N3CCN(C(C)=O)CC3)=N2)cc1F. The monoisotopic (exact) mass is 459 g/mol. The van der Waals surface area contributed by atoms with Crippen molar-refractivity contribution < 1.29 is 13.9 Å². The number of nitrogens with zero attached hydrogens (tertiary/aromatic N) is 4. The molecule has 10 heteroatoms. The van der Waals surface area contributed by atoms with E-state index in [4.69, 9.17) is 9.73 Å². The van der Waals surface area contributed by atoms with Crippen molar-refractivity contribution in [3.63, 3.8) is 0 Å². The fraction of sp³-hybridized carbons (Fsp3) is 0.609. The summed E-state index contributed by atoms with van der Waals surface area (Å²) in [4.78, 5) is 25.1. The van der Waals surface area contributed by atoms with Gasteiger partial charge >= 0.3 is 0 Å². The second kappa shape index (κ2) is 10.8. The van der Waals surface area contributed by atoms with Crippen molar-refractivity contribution >= 4 is 23.5 Å². The predicted octanol–water partition coefficient (Wildman–Crippen LogP) is 2.32. The molecule has 2 fully saturated rings. The van der Waals surface area contributed by atoms with Gasteiger partial charge in [0.15, 0.2) is 17.9 Å². The standard InChI is InChI=1S/C23H34FN7O2/c1-16(32)30-11-13-31(14-12-30)23-28-21(25-17-7-5-3-4-6-8-17)27-22(29-23)26-18-9-10-20(33-2)19(24)15-18/h9-10,15,17,21,25H,3-8,11-14H2,1-2H3,(H2,26,27,28,29). The Balaban J connectivity index is 1.50. The molecule has 1 amide bonds. The van der Waals surface area contributed by atoms with Crippen LogP contribution in [0.2, 0.25) is 0 Å². The van der Waals surface area contributed by atoms with Gasteiger partial charge in [-0.25, -0.2) is 9.38 Å². The lowest BCUT2D eigenvalue weighted by atomic mass is 10.1. The Kier molecular flexibility index (Phi) is 7.64. The number of halogens is 1. The number of benzene rings is 1. The van der Waals surface area contributed by atoms with E-state index in [1.807, 2.05) is 4.90 Å². The Labute approximate surface area is 194 Å². The number of piperazine rings is 1. The molecule has 1 aromatic carbocycles. The zero-order chi connectivity index (χ0) is 23.2. The van der Waals surface area contributed by atoms with Crippen LogP contribution >= 0.6 is 0 Å². The van der Waals surface area contributed by atoms with Crippen molar-refractivity contribution in [2.75, 3.05) is 38.6 Å². The first-order valence-corrected chi connectivity index (χ1v) is 11.8. The number of nitrogens with one attached hydrogen (secondary N) is 3. The van der Waals surface area contributed by atoms with Crippen LogP contribution in [0.5, 0.6) is 5.75 Å². The molecule has 0 radical (unpaired) electrons. The number of ether oxygens (including phenoxy) is 1. The molecule has 1 aromatic rings. The predicted molar refractivity (Wildman–Crippen MR) is 127 cm³/mol. The van der Waals surface area contributed by atoms with Gasteiger partial charge in [-0.05, 0) is 25.0 Å². The number of hydrogen-bond donors (Lipinski definition) is 3. The number of amides is 1. The van der Waals surface area contributed by atoms with Crippen LogP contribution < -0.4 is 20.7 Å². The molecule has 1 atom stereocenters. The molecule has 0 spiro atoms. The molecular weight excluding hydrogens is 425 g/mol. The summed E-state index contributed by atoms with van der Waals surface area (Å²) in [6.07, 6.45) is 6.92. The molecule has 2 heterocycles. The van der Waals surface area contributed by atoms with Crippen LogP contribution in [0.4, 0.5) is 10.1 Å². The lowest BCUT2D eigenvalue weighted by Gasteiger charge is -2.38. The molecule has 9 nitrogen and oxygen atoms in total. The minimum atomic E-state index is -0.449. The molecule has 0 aromatic heterocycles. The van der Waals surface area contributed by atoms with Gasteiger partial charge in [0.1, 0.15) is 0 Å². The summed E-state index contributed by atoms with van der Waals surface area (Å²) in [6.45, 7) is 4.28. The molecule has 1 saturated carbocycles. The smallest absolute Gasteiger partial charge is 0.229 e. The summed E-state index contributed by atoms with van der Waals surface area (Å²) < 4.78 is 19.2. The van der Waals surface area contributed by atoms with Crippen LogP contribution in [-0.2, 0) is 4.79 Å². The topological polar surface area (TPSA) is 93.6 Å². The highest BCUT2D eigenvalue weighted by Crippen LogP contribution is 2.22. The molecule has 1 unspecified atom stereocenters. The quantitative estimate of drug-likeness (QED) is 0.599. The minimum absolute atomic E-state index is 0.0894. The second-order valence-electron chi connectivity index (χ2n) is 8.76. The third-order valence-electron chi connectivity index (χ3n) is 6.41. The number of rotatable bonds is 4. The zero-order valence-electron chi connectivity index (χ0n) is 19.4. The van der Waals surface area contributed by atoms with Gasteiger partial charge in [-0.3, -0.25) is 10.1 Å². The molecule has 1 saturated heterocycles. The van der Waals surface area contributed by atoms with E-state index in [0.717, 1.165) is 12.8 Å². The number of guanidine groups is 2. The molecule has 3 aliphatic rings. The Morgan fingerprint density at radius 1 is 1.15 bits per heavy atom.